The standard InChI is InChI=1S/C14H29Cl.CH4/c1-7-14(6,15)10-13(5)9-12(4)8-11(2)3;/h11-13H,7-10H2,1-6H3;1H4. The third-order valence-corrected chi connectivity index (χ3v) is 3.61. The molecular formula is C15H33Cl. The summed E-state index contributed by atoms with van der Waals surface area (Å²) in [4.78, 5) is 0.0109. The first kappa shape index (κ1) is 18.6. The molecule has 0 radical (unpaired) electrons. The van der Waals surface area contributed by atoms with Gasteiger partial charge in [-0.1, -0.05) is 42.0 Å². The summed E-state index contributed by atoms with van der Waals surface area (Å²) in [7, 11) is 0. The molecule has 0 amide bonds. The number of halogens is 1. The molecule has 0 rings (SSSR count). The Morgan fingerprint density at radius 1 is 1.00 bits per heavy atom. The second-order valence-electron chi connectivity index (χ2n) is 6.05. The highest BCUT2D eigenvalue weighted by atomic mass is 35.5. The number of alkyl halides is 1. The zero-order valence-electron chi connectivity index (χ0n) is 11.4. The molecule has 3 atom stereocenters. The van der Waals surface area contributed by atoms with Crippen molar-refractivity contribution in [3.63, 3.8) is 0 Å². The molecule has 0 N–H and O–H groups in total. The first-order valence-electron chi connectivity index (χ1n) is 6.45. The fourth-order valence-corrected chi connectivity index (χ4v) is 2.81. The Bertz CT molecular complexity index is 161. The molecule has 16 heavy (non-hydrogen) atoms. The normalized spacial score (nSPS) is 18.8. The van der Waals surface area contributed by atoms with Gasteiger partial charge in [-0.05, 0) is 50.4 Å². The van der Waals surface area contributed by atoms with Gasteiger partial charge in [0.1, 0.15) is 0 Å². The van der Waals surface area contributed by atoms with Gasteiger partial charge in [-0.2, -0.15) is 0 Å². The van der Waals surface area contributed by atoms with Crippen molar-refractivity contribution >= 4 is 11.6 Å². The van der Waals surface area contributed by atoms with Crippen molar-refractivity contribution in [1.29, 1.82) is 0 Å². The Labute approximate surface area is 109 Å². The van der Waals surface area contributed by atoms with E-state index < -0.39 is 0 Å². The minimum absolute atomic E-state index is 0. The highest BCUT2D eigenvalue weighted by molar-refractivity contribution is 6.23. The van der Waals surface area contributed by atoms with E-state index >= 15 is 0 Å². The summed E-state index contributed by atoms with van der Waals surface area (Å²) in [5, 5.41) is 0. The van der Waals surface area contributed by atoms with Crippen molar-refractivity contribution in [3.8, 4) is 0 Å². The van der Waals surface area contributed by atoms with E-state index in [1.165, 1.54) is 12.8 Å². The van der Waals surface area contributed by atoms with Crippen LogP contribution in [0.4, 0.5) is 0 Å². The van der Waals surface area contributed by atoms with Gasteiger partial charge in [-0.3, -0.25) is 0 Å². The Kier molecular flexibility index (Phi) is 9.78. The van der Waals surface area contributed by atoms with Gasteiger partial charge in [-0.25, -0.2) is 0 Å². The topological polar surface area (TPSA) is 0 Å². The molecule has 1 heteroatoms. The lowest BCUT2D eigenvalue weighted by molar-refractivity contribution is 0.320. The zero-order chi connectivity index (χ0) is 12.1. The smallest absolute Gasteiger partial charge is 0.0418 e. The minimum atomic E-state index is 0. The first-order valence-corrected chi connectivity index (χ1v) is 6.83. The van der Waals surface area contributed by atoms with Gasteiger partial charge in [-0.15, -0.1) is 11.6 Å². The Morgan fingerprint density at radius 2 is 1.50 bits per heavy atom. The van der Waals surface area contributed by atoms with Gasteiger partial charge in [0.05, 0.1) is 0 Å². The molecule has 0 aliphatic heterocycles. The van der Waals surface area contributed by atoms with Crippen molar-refractivity contribution in [2.45, 2.75) is 79.5 Å². The summed E-state index contributed by atoms with van der Waals surface area (Å²) >= 11 is 6.40. The summed E-state index contributed by atoms with van der Waals surface area (Å²) < 4.78 is 0. The highest BCUT2D eigenvalue weighted by Crippen LogP contribution is 2.31. The van der Waals surface area contributed by atoms with Crippen LogP contribution in [0.2, 0.25) is 0 Å². The fourth-order valence-electron chi connectivity index (χ4n) is 2.54. The maximum Gasteiger partial charge on any atom is 0.0418 e. The molecule has 0 nitrogen and oxygen atoms in total. The molecule has 0 heterocycles. The molecule has 0 aromatic rings. The molecule has 3 unspecified atom stereocenters. The van der Waals surface area contributed by atoms with Crippen molar-refractivity contribution in [2.24, 2.45) is 17.8 Å². The van der Waals surface area contributed by atoms with Crippen LogP contribution in [0.5, 0.6) is 0 Å². The molecule has 0 spiro atoms. The predicted octanol–water partition coefficient (Wildman–Crippen LogP) is 6.13. The summed E-state index contributed by atoms with van der Waals surface area (Å²) in [6.45, 7) is 13.7. The lowest BCUT2D eigenvalue weighted by Gasteiger charge is -2.26. The minimum Gasteiger partial charge on any atom is -0.120 e. The third-order valence-electron chi connectivity index (χ3n) is 3.19. The largest absolute Gasteiger partial charge is 0.120 e. The molecular weight excluding hydrogens is 216 g/mol. The van der Waals surface area contributed by atoms with E-state index in [0.717, 1.165) is 30.6 Å². The fraction of sp³-hybridized carbons (Fsp3) is 1.00. The predicted molar refractivity (Wildman–Crippen MR) is 78.3 cm³/mol. The van der Waals surface area contributed by atoms with Gasteiger partial charge >= 0.3 is 0 Å². The molecule has 100 valence electrons. The van der Waals surface area contributed by atoms with Crippen molar-refractivity contribution in [1.82, 2.24) is 0 Å². The van der Waals surface area contributed by atoms with E-state index in [1.807, 2.05) is 0 Å². The SMILES string of the molecule is C.CCC(C)(Cl)CC(C)CC(C)CC(C)C. The lowest BCUT2D eigenvalue weighted by Crippen LogP contribution is -2.20. The number of hydrogen-bond donors (Lipinski definition) is 0. The Balaban J connectivity index is 0. The summed E-state index contributed by atoms with van der Waals surface area (Å²) in [5.41, 5.74) is 0. The van der Waals surface area contributed by atoms with Gasteiger partial charge in [0.25, 0.3) is 0 Å². The molecule has 0 fully saturated rings. The van der Waals surface area contributed by atoms with E-state index in [2.05, 4.69) is 41.5 Å². The quantitative estimate of drug-likeness (QED) is 0.476. The second-order valence-corrected chi connectivity index (χ2v) is 6.96. The molecule has 0 bridgehead atoms. The second kappa shape index (κ2) is 8.39. The van der Waals surface area contributed by atoms with Crippen LogP contribution >= 0.6 is 11.6 Å². The Morgan fingerprint density at radius 3 is 1.88 bits per heavy atom. The lowest BCUT2D eigenvalue weighted by atomic mass is 9.85. The first-order chi connectivity index (χ1) is 6.76. The maximum atomic E-state index is 6.40. The van der Waals surface area contributed by atoms with Crippen LogP contribution in [-0.2, 0) is 0 Å². The Hall–Kier alpha value is 0.290. The highest BCUT2D eigenvalue weighted by Gasteiger charge is 2.22. The molecule has 0 aliphatic carbocycles. The van der Waals surface area contributed by atoms with Crippen LogP contribution in [0.3, 0.4) is 0 Å². The van der Waals surface area contributed by atoms with Crippen molar-refractivity contribution < 1.29 is 0 Å². The van der Waals surface area contributed by atoms with Crippen LogP contribution < -0.4 is 0 Å². The van der Waals surface area contributed by atoms with E-state index in [9.17, 15) is 0 Å². The molecule has 0 aromatic carbocycles. The van der Waals surface area contributed by atoms with Crippen LogP contribution in [-0.4, -0.2) is 4.87 Å². The molecule has 0 aromatic heterocycles. The number of hydrogen-bond acceptors (Lipinski definition) is 0. The van der Waals surface area contributed by atoms with Crippen molar-refractivity contribution in [2.75, 3.05) is 0 Å². The third kappa shape index (κ3) is 9.51. The van der Waals surface area contributed by atoms with Gasteiger partial charge in [0.15, 0.2) is 0 Å². The van der Waals surface area contributed by atoms with E-state index in [-0.39, 0.29) is 12.3 Å². The summed E-state index contributed by atoms with van der Waals surface area (Å²) in [5.74, 6) is 2.41. The van der Waals surface area contributed by atoms with Crippen LogP contribution in [0, 0.1) is 17.8 Å². The van der Waals surface area contributed by atoms with Crippen molar-refractivity contribution in [3.05, 3.63) is 0 Å². The molecule has 0 saturated carbocycles. The average molecular weight is 249 g/mol. The van der Waals surface area contributed by atoms with Crippen LogP contribution in [0.25, 0.3) is 0 Å². The van der Waals surface area contributed by atoms with E-state index in [0.29, 0.717) is 0 Å². The maximum absolute atomic E-state index is 6.40. The van der Waals surface area contributed by atoms with E-state index in [1.54, 1.807) is 0 Å². The van der Waals surface area contributed by atoms with Gasteiger partial charge in [0.2, 0.25) is 0 Å². The van der Waals surface area contributed by atoms with Crippen LogP contribution in [0.15, 0.2) is 0 Å². The number of rotatable bonds is 7. The average Bonchev–Trinajstić information content (AvgIpc) is 2.00. The van der Waals surface area contributed by atoms with Gasteiger partial charge in [0, 0.05) is 4.87 Å². The summed E-state index contributed by atoms with van der Waals surface area (Å²) in [6, 6.07) is 0. The monoisotopic (exact) mass is 248 g/mol. The van der Waals surface area contributed by atoms with Gasteiger partial charge < -0.3 is 0 Å². The molecule has 0 aliphatic rings. The molecule has 0 saturated heterocycles. The van der Waals surface area contributed by atoms with E-state index in [4.69, 9.17) is 11.6 Å². The van der Waals surface area contributed by atoms with Crippen LogP contribution in [0.1, 0.15) is 74.7 Å². The zero-order valence-corrected chi connectivity index (χ0v) is 12.2. The summed E-state index contributed by atoms with van der Waals surface area (Å²) in [6.07, 6.45) is 4.88.